The van der Waals surface area contributed by atoms with Gasteiger partial charge in [0.25, 0.3) is 0 Å². The van der Waals surface area contributed by atoms with Crippen LogP contribution in [0.4, 0.5) is 5.82 Å². The summed E-state index contributed by atoms with van der Waals surface area (Å²) in [5.41, 5.74) is 0.832. The van der Waals surface area contributed by atoms with Crippen molar-refractivity contribution in [2.24, 2.45) is 5.92 Å². The summed E-state index contributed by atoms with van der Waals surface area (Å²) in [6.07, 6.45) is 7.19. The summed E-state index contributed by atoms with van der Waals surface area (Å²) in [6, 6.07) is 2.48. The van der Waals surface area contributed by atoms with Gasteiger partial charge in [-0.05, 0) is 44.6 Å². The third-order valence-electron chi connectivity index (χ3n) is 5.72. The Hall–Kier alpha value is -1.67. The van der Waals surface area contributed by atoms with Gasteiger partial charge in [-0.2, -0.15) is 4.31 Å². The number of rotatable bonds is 5. The highest BCUT2D eigenvalue weighted by molar-refractivity contribution is 7.89. The van der Waals surface area contributed by atoms with Crippen molar-refractivity contribution in [2.75, 3.05) is 24.2 Å². The van der Waals surface area contributed by atoms with Crippen LogP contribution in [0.15, 0.2) is 18.6 Å². The maximum atomic E-state index is 12.6. The first kappa shape index (κ1) is 16.8. The molecule has 25 heavy (non-hydrogen) atoms. The van der Waals surface area contributed by atoms with Gasteiger partial charge in [-0.15, -0.1) is 0 Å². The minimum Gasteiger partial charge on any atom is -0.356 e. The minimum atomic E-state index is -3.12. The Bertz CT molecular complexity index is 859. The first-order valence-corrected chi connectivity index (χ1v) is 10.6. The lowest BCUT2D eigenvalue weighted by Crippen LogP contribution is -2.47. The van der Waals surface area contributed by atoms with Crippen LogP contribution in [0.1, 0.15) is 32.6 Å². The topological polar surface area (TPSA) is 82.2 Å². The predicted octanol–water partition coefficient (Wildman–Crippen LogP) is 1.99. The normalized spacial score (nSPS) is 27.5. The van der Waals surface area contributed by atoms with Gasteiger partial charge >= 0.3 is 0 Å². The van der Waals surface area contributed by atoms with E-state index < -0.39 is 10.0 Å². The van der Waals surface area contributed by atoms with Crippen LogP contribution < -0.4 is 4.90 Å². The van der Waals surface area contributed by atoms with Crippen molar-refractivity contribution in [3.05, 3.63) is 18.6 Å². The molecule has 4 rings (SSSR count). The standard InChI is InChI=1S/C17H25N5O2S/c1-12-4-3-7-22(12)25(23,24)10-13-8-14(9-13)21(2)17-15-5-6-18-16(15)19-11-20-17/h5-6,11-14H,3-4,7-10H2,1-2H3,(H,18,19,20)/t12-,13?,14?/m1/s1. The second-order valence-electron chi connectivity index (χ2n) is 7.42. The molecule has 136 valence electrons. The first-order chi connectivity index (χ1) is 12.0. The van der Waals surface area contributed by atoms with Crippen molar-refractivity contribution >= 4 is 26.9 Å². The summed E-state index contributed by atoms with van der Waals surface area (Å²) in [7, 11) is -1.09. The largest absolute Gasteiger partial charge is 0.356 e. The van der Waals surface area contributed by atoms with Crippen LogP contribution in [0.3, 0.4) is 0 Å². The van der Waals surface area contributed by atoms with E-state index in [-0.39, 0.29) is 17.7 Å². The molecule has 8 heteroatoms. The number of hydrogen-bond donors (Lipinski definition) is 1. The number of nitrogens with zero attached hydrogens (tertiary/aromatic N) is 4. The fourth-order valence-corrected chi connectivity index (χ4v) is 6.30. The van der Waals surface area contributed by atoms with Crippen LogP contribution in [0.25, 0.3) is 11.0 Å². The molecule has 2 fully saturated rings. The maximum absolute atomic E-state index is 12.6. The molecule has 3 heterocycles. The molecule has 0 aromatic carbocycles. The van der Waals surface area contributed by atoms with E-state index in [4.69, 9.17) is 0 Å². The summed E-state index contributed by atoms with van der Waals surface area (Å²) in [5.74, 6) is 1.44. The summed E-state index contributed by atoms with van der Waals surface area (Å²) >= 11 is 0. The van der Waals surface area contributed by atoms with Gasteiger partial charge < -0.3 is 9.88 Å². The molecule has 1 aliphatic carbocycles. The third kappa shape index (κ3) is 3.01. The number of aromatic amines is 1. The van der Waals surface area contributed by atoms with Crippen molar-refractivity contribution < 1.29 is 8.42 Å². The Kier molecular flexibility index (Phi) is 4.19. The van der Waals surface area contributed by atoms with Crippen LogP contribution in [-0.4, -0.2) is 59.1 Å². The van der Waals surface area contributed by atoms with Gasteiger partial charge in [0.15, 0.2) is 0 Å². The molecule has 1 saturated heterocycles. The highest BCUT2D eigenvalue weighted by atomic mass is 32.2. The van der Waals surface area contributed by atoms with Gasteiger partial charge in [-0.3, -0.25) is 0 Å². The van der Waals surface area contributed by atoms with E-state index in [9.17, 15) is 8.42 Å². The summed E-state index contributed by atoms with van der Waals surface area (Å²) in [5, 5.41) is 1.01. The van der Waals surface area contributed by atoms with E-state index >= 15 is 0 Å². The quantitative estimate of drug-likeness (QED) is 0.878. The number of aromatic nitrogens is 3. The van der Waals surface area contributed by atoms with Crippen LogP contribution in [-0.2, 0) is 10.0 Å². The molecular formula is C17H25N5O2S. The molecule has 0 spiro atoms. The lowest BCUT2D eigenvalue weighted by atomic mass is 9.81. The Balaban J connectivity index is 1.39. The van der Waals surface area contributed by atoms with E-state index in [0.717, 1.165) is 42.5 Å². The van der Waals surface area contributed by atoms with Crippen LogP contribution in [0.5, 0.6) is 0 Å². The molecule has 1 aliphatic heterocycles. The van der Waals surface area contributed by atoms with E-state index in [1.54, 1.807) is 10.6 Å². The van der Waals surface area contributed by atoms with Crippen molar-refractivity contribution in [2.45, 2.75) is 44.7 Å². The predicted molar refractivity (Wildman–Crippen MR) is 98.0 cm³/mol. The Morgan fingerprint density at radius 1 is 1.36 bits per heavy atom. The van der Waals surface area contributed by atoms with Gasteiger partial charge in [0.2, 0.25) is 10.0 Å². The molecule has 2 aromatic heterocycles. The van der Waals surface area contributed by atoms with Crippen molar-refractivity contribution in [3.8, 4) is 0 Å². The minimum absolute atomic E-state index is 0.159. The molecule has 1 N–H and O–H groups in total. The molecule has 0 radical (unpaired) electrons. The average molecular weight is 363 g/mol. The van der Waals surface area contributed by atoms with Gasteiger partial charge in [0.05, 0.1) is 11.1 Å². The highest BCUT2D eigenvalue weighted by Gasteiger charge is 2.39. The van der Waals surface area contributed by atoms with E-state index in [0.29, 0.717) is 12.6 Å². The Labute approximate surface area is 148 Å². The molecule has 0 amide bonds. The van der Waals surface area contributed by atoms with Gasteiger partial charge in [-0.25, -0.2) is 18.4 Å². The van der Waals surface area contributed by atoms with Gasteiger partial charge in [0, 0.05) is 31.9 Å². The maximum Gasteiger partial charge on any atom is 0.214 e. The summed E-state index contributed by atoms with van der Waals surface area (Å²) in [6.45, 7) is 2.70. The van der Waals surface area contributed by atoms with Crippen molar-refractivity contribution in [1.82, 2.24) is 19.3 Å². The van der Waals surface area contributed by atoms with Crippen LogP contribution >= 0.6 is 0 Å². The molecule has 2 aliphatic rings. The Morgan fingerprint density at radius 3 is 2.88 bits per heavy atom. The first-order valence-electron chi connectivity index (χ1n) is 8.96. The second-order valence-corrected chi connectivity index (χ2v) is 9.39. The zero-order valence-corrected chi connectivity index (χ0v) is 15.5. The molecule has 0 bridgehead atoms. The fourth-order valence-electron chi connectivity index (χ4n) is 4.18. The molecule has 1 atom stereocenters. The number of fused-ring (bicyclic) bond motifs is 1. The molecular weight excluding hydrogens is 338 g/mol. The SMILES string of the molecule is C[C@@H]1CCCN1S(=O)(=O)CC1CC(N(C)c2ncnc3[nH]ccc23)C1. The average Bonchev–Trinajstić information content (AvgIpc) is 3.18. The summed E-state index contributed by atoms with van der Waals surface area (Å²) < 4.78 is 26.9. The van der Waals surface area contributed by atoms with E-state index in [1.807, 2.05) is 26.2 Å². The molecule has 1 saturated carbocycles. The number of H-pyrrole nitrogens is 1. The lowest BCUT2D eigenvalue weighted by molar-refractivity contribution is 0.277. The Morgan fingerprint density at radius 2 is 2.16 bits per heavy atom. The fraction of sp³-hybridized carbons (Fsp3) is 0.647. The van der Waals surface area contributed by atoms with Crippen molar-refractivity contribution in [3.63, 3.8) is 0 Å². The van der Waals surface area contributed by atoms with Crippen molar-refractivity contribution in [1.29, 1.82) is 0 Å². The number of anilines is 1. The number of nitrogens with one attached hydrogen (secondary N) is 1. The monoisotopic (exact) mass is 363 g/mol. The van der Waals surface area contributed by atoms with Crippen LogP contribution in [0.2, 0.25) is 0 Å². The van der Waals surface area contributed by atoms with Crippen LogP contribution in [0, 0.1) is 5.92 Å². The molecule has 0 unspecified atom stereocenters. The molecule has 2 aromatic rings. The zero-order chi connectivity index (χ0) is 17.6. The number of hydrogen-bond acceptors (Lipinski definition) is 5. The smallest absolute Gasteiger partial charge is 0.214 e. The third-order valence-corrected chi connectivity index (χ3v) is 7.87. The lowest BCUT2D eigenvalue weighted by Gasteiger charge is -2.42. The van der Waals surface area contributed by atoms with E-state index in [1.165, 1.54) is 0 Å². The van der Waals surface area contributed by atoms with Gasteiger partial charge in [-0.1, -0.05) is 0 Å². The number of sulfonamides is 1. The zero-order valence-electron chi connectivity index (χ0n) is 14.7. The molecule has 7 nitrogen and oxygen atoms in total. The van der Waals surface area contributed by atoms with Gasteiger partial charge in [0.1, 0.15) is 17.8 Å². The summed E-state index contributed by atoms with van der Waals surface area (Å²) in [4.78, 5) is 13.9. The highest BCUT2D eigenvalue weighted by Crippen LogP contribution is 2.36. The second kappa shape index (κ2) is 6.25. The van der Waals surface area contributed by atoms with E-state index in [2.05, 4.69) is 19.9 Å².